The van der Waals surface area contributed by atoms with Gasteiger partial charge in [-0.3, -0.25) is 0 Å². The third-order valence-electron chi connectivity index (χ3n) is 3.91. The highest BCUT2D eigenvalue weighted by atomic mass is 19.1. The summed E-state index contributed by atoms with van der Waals surface area (Å²) in [6.45, 7) is 5.22. The highest BCUT2D eigenvalue weighted by Crippen LogP contribution is 2.31. The van der Waals surface area contributed by atoms with Crippen LogP contribution in [0.2, 0.25) is 0 Å². The summed E-state index contributed by atoms with van der Waals surface area (Å²) in [6, 6.07) is 12.6. The number of hydrogen-bond donors (Lipinski definition) is 1. The topological polar surface area (TPSA) is 44.5 Å². The molecule has 0 saturated carbocycles. The molecule has 2 aromatic carbocycles. The molecule has 24 heavy (non-hydrogen) atoms. The largest absolute Gasteiger partial charge is 0.493 e. The zero-order valence-corrected chi connectivity index (χ0v) is 14.6. The lowest BCUT2D eigenvalue weighted by Gasteiger charge is -2.18. The Morgan fingerprint density at radius 1 is 1.08 bits per heavy atom. The van der Waals surface area contributed by atoms with Gasteiger partial charge in [0.15, 0.2) is 11.5 Å². The van der Waals surface area contributed by atoms with E-state index in [1.54, 1.807) is 19.2 Å². The third kappa shape index (κ3) is 4.71. The van der Waals surface area contributed by atoms with Gasteiger partial charge in [-0.15, -0.1) is 0 Å². The number of rotatable bonds is 8. The molecule has 2 N–H and O–H groups in total. The molecular formula is C20H26FNO2. The van der Waals surface area contributed by atoms with Crippen LogP contribution in [0.4, 0.5) is 4.39 Å². The van der Waals surface area contributed by atoms with Gasteiger partial charge in [0.05, 0.1) is 13.7 Å². The van der Waals surface area contributed by atoms with E-state index in [1.165, 1.54) is 6.07 Å². The lowest BCUT2D eigenvalue weighted by atomic mass is 9.91. The maximum Gasteiger partial charge on any atom is 0.161 e. The first kappa shape index (κ1) is 18.3. The molecule has 0 aliphatic rings. The van der Waals surface area contributed by atoms with Crippen LogP contribution in [0.5, 0.6) is 11.5 Å². The van der Waals surface area contributed by atoms with Crippen molar-refractivity contribution in [1.29, 1.82) is 0 Å². The van der Waals surface area contributed by atoms with Crippen LogP contribution < -0.4 is 15.2 Å². The standard InChI is InChI=1S/C20H26FNO2/c1-14(2)13-24-19-9-8-15(11-20(19)23-3)10-16(12-22)17-6-4-5-7-18(17)21/h4-9,11,14,16H,10,12-13,22H2,1-3H3. The summed E-state index contributed by atoms with van der Waals surface area (Å²) < 4.78 is 25.2. The molecule has 0 radical (unpaired) electrons. The highest BCUT2D eigenvalue weighted by molar-refractivity contribution is 5.43. The van der Waals surface area contributed by atoms with E-state index in [4.69, 9.17) is 15.2 Å². The predicted octanol–water partition coefficient (Wildman–Crippen LogP) is 4.15. The van der Waals surface area contributed by atoms with Crippen LogP contribution in [-0.4, -0.2) is 20.3 Å². The Hall–Kier alpha value is -2.07. The number of halogens is 1. The van der Waals surface area contributed by atoms with Crippen LogP contribution in [-0.2, 0) is 6.42 Å². The molecule has 0 aliphatic heterocycles. The van der Waals surface area contributed by atoms with E-state index in [9.17, 15) is 4.39 Å². The van der Waals surface area contributed by atoms with Gasteiger partial charge in [-0.1, -0.05) is 38.1 Å². The maximum absolute atomic E-state index is 14.0. The molecule has 2 aromatic rings. The fourth-order valence-corrected chi connectivity index (χ4v) is 2.63. The fourth-order valence-electron chi connectivity index (χ4n) is 2.63. The number of benzene rings is 2. The predicted molar refractivity (Wildman–Crippen MR) is 95.2 cm³/mol. The van der Waals surface area contributed by atoms with Crippen molar-refractivity contribution in [3.63, 3.8) is 0 Å². The number of methoxy groups -OCH3 is 1. The zero-order valence-electron chi connectivity index (χ0n) is 14.6. The van der Waals surface area contributed by atoms with Gasteiger partial charge in [-0.05, 0) is 48.2 Å². The molecule has 0 aliphatic carbocycles. The Bertz CT molecular complexity index is 658. The first-order chi connectivity index (χ1) is 11.5. The van der Waals surface area contributed by atoms with Crippen molar-refractivity contribution in [3.8, 4) is 11.5 Å². The van der Waals surface area contributed by atoms with E-state index in [0.29, 0.717) is 36.8 Å². The van der Waals surface area contributed by atoms with Crippen molar-refractivity contribution in [2.45, 2.75) is 26.2 Å². The average molecular weight is 331 g/mol. The molecule has 2 rings (SSSR count). The zero-order chi connectivity index (χ0) is 17.5. The van der Waals surface area contributed by atoms with E-state index in [-0.39, 0.29) is 11.7 Å². The van der Waals surface area contributed by atoms with Crippen LogP contribution in [0, 0.1) is 11.7 Å². The Balaban J connectivity index is 2.18. The maximum atomic E-state index is 14.0. The smallest absolute Gasteiger partial charge is 0.161 e. The second-order valence-corrected chi connectivity index (χ2v) is 6.35. The van der Waals surface area contributed by atoms with Gasteiger partial charge in [-0.25, -0.2) is 4.39 Å². The minimum Gasteiger partial charge on any atom is -0.493 e. The van der Waals surface area contributed by atoms with Crippen molar-refractivity contribution in [3.05, 3.63) is 59.4 Å². The number of hydrogen-bond acceptors (Lipinski definition) is 3. The summed E-state index contributed by atoms with van der Waals surface area (Å²) in [7, 11) is 1.62. The molecule has 0 aromatic heterocycles. The summed E-state index contributed by atoms with van der Waals surface area (Å²) >= 11 is 0. The molecule has 0 fully saturated rings. The van der Waals surface area contributed by atoms with Crippen LogP contribution in [0.15, 0.2) is 42.5 Å². The Labute approximate surface area is 143 Å². The van der Waals surface area contributed by atoms with E-state index in [1.807, 2.05) is 24.3 Å². The first-order valence-corrected chi connectivity index (χ1v) is 8.29. The van der Waals surface area contributed by atoms with Gasteiger partial charge >= 0.3 is 0 Å². The molecule has 130 valence electrons. The molecular weight excluding hydrogens is 305 g/mol. The van der Waals surface area contributed by atoms with Crippen molar-refractivity contribution in [2.75, 3.05) is 20.3 Å². The van der Waals surface area contributed by atoms with Crippen molar-refractivity contribution < 1.29 is 13.9 Å². The monoisotopic (exact) mass is 331 g/mol. The second kappa shape index (κ2) is 8.69. The molecule has 0 spiro atoms. The van der Waals surface area contributed by atoms with Gasteiger partial charge < -0.3 is 15.2 Å². The van der Waals surface area contributed by atoms with E-state index >= 15 is 0 Å². The van der Waals surface area contributed by atoms with Gasteiger partial charge in [0.2, 0.25) is 0 Å². The number of ether oxygens (including phenoxy) is 2. The van der Waals surface area contributed by atoms with Gasteiger partial charge in [0.25, 0.3) is 0 Å². The normalized spacial score (nSPS) is 12.2. The fraction of sp³-hybridized carbons (Fsp3) is 0.400. The highest BCUT2D eigenvalue weighted by Gasteiger charge is 2.16. The summed E-state index contributed by atoms with van der Waals surface area (Å²) in [5.74, 6) is 1.58. The minimum atomic E-state index is -0.211. The van der Waals surface area contributed by atoms with Crippen molar-refractivity contribution >= 4 is 0 Å². The Morgan fingerprint density at radius 2 is 1.83 bits per heavy atom. The molecule has 0 bridgehead atoms. The van der Waals surface area contributed by atoms with Crippen LogP contribution in [0.25, 0.3) is 0 Å². The van der Waals surface area contributed by atoms with Crippen LogP contribution >= 0.6 is 0 Å². The molecule has 4 heteroatoms. The molecule has 1 unspecified atom stereocenters. The Kier molecular flexibility index (Phi) is 6.62. The van der Waals surface area contributed by atoms with Gasteiger partial charge in [-0.2, -0.15) is 0 Å². The summed E-state index contributed by atoms with van der Waals surface area (Å²) in [4.78, 5) is 0. The first-order valence-electron chi connectivity index (χ1n) is 8.29. The Morgan fingerprint density at radius 3 is 2.46 bits per heavy atom. The molecule has 1 atom stereocenters. The lowest BCUT2D eigenvalue weighted by Crippen LogP contribution is -2.16. The lowest BCUT2D eigenvalue weighted by molar-refractivity contribution is 0.256. The average Bonchev–Trinajstić information content (AvgIpc) is 2.58. The summed E-state index contributed by atoms with van der Waals surface area (Å²) in [5.41, 5.74) is 7.58. The summed E-state index contributed by atoms with van der Waals surface area (Å²) in [5, 5.41) is 0. The second-order valence-electron chi connectivity index (χ2n) is 6.35. The summed E-state index contributed by atoms with van der Waals surface area (Å²) in [6.07, 6.45) is 0.651. The van der Waals surface area contributed by atoms with E-state index in [2.05, 4.69) is 13.8 Å². The van der Waals surface area contributed by atoms with E-state index < -0.39 is 0 Å². The van der Waals surface area contributed by atoms with Crippen LogP contribution in [0.3, 0.4) is 0 Å². The minimum absolute atomic E-state index is 0.0710. The molecule has 0 amide bonds. The van der Waals surface area contributed by atoms with Crippen molar-refractivity contribution in [1.82, 2.24) is 0 Å². The van der Waals surface area contributed by atoms with Gasteiger partial charge in [0, 0.05) is 5.92 Å². The quantitative estimate of drug-likeness (QED) is 0.790. The van der Waals surface area contributed by atoms with Crippen molar-refractivity contribution in [2.24, 2.45) is 11.7 Å². The SMILES string of the molecule is COc1cc(CC(CN)c2ccccc2F)ccc1OCC(C)C. The third-order valence-corrected chi connectivity index (χ3v) is 3.91. The van der Waals surface area contributed by atoms with Gasteiger partial charge in [0.1, 0.15) is 5.82 Å². The van der Waals surface area contributed by atoms with E-state index in [0.717, 1.165) is 11.3 Å². The molecule has 0 saturated heterocycles. The molecule has 0 heterocycles. The molecule has 3 nitrogen and oxygen atoms in total. The van der Waals surface area contributed by atoms with Crippen LogP contribution in [0.1, 0.15) is 30.9 Å². The number of nitrogens with two attached hydrogens (primary N) is 1.